The van der Waals surface area contributed by atoms with Gasteiger partial charge >= 0.3 is 12.1 Å². The van der Waals surface area contributed by atoms with Crippen molar-refractivity contribution in [1.82, 2.24) is 9.97 Å². The minimum atomic E-state index is -0.630. The summed E-state index contributed by atoms with van der Waals surface area (Å²) in [6.07, 6.45) is 2.96. The zero-order chi connectivity index (χ0) is 25.2. The van der Waals surface area contributed by atoms with Gasteiger partial charge in [-0.3, -0.25) is 9.69 Å². The fraction of sp³-hybridized carbons (Fsp3) is 0.462. The van der Waals surface area contributed by atoms with Crippen LogP contribution in [-0.4, -0.2) is 47.4 Å². The SMILES string of the molecule is COc1ccc(COc2nc(C3=CC(OC(C)=O)CC3)nc3c2CCN3C(=O)OC(C)(C)C)cc1. The van der Waals surface area contributed by atoms with Gasteiger partial charge in [-0.15, -0.1) is 0 Å². The lowest BCUT2D eigenvalue weighted by atomic mass is 10.2. The number of fused-ring (bicyclic) bond motifs is 1. The van der Waals surface area contributed by atoms with Gasteiger partial charge in [0, 0.05) is 13.5 Å². The first kappa shape index (κ1) is 24.5. The lowest BCUT2D eigenvalue weighted by Crippen LogP contribution is -2.36. The van der Waals surface area contributed by atoms with E-state index in [1.165, 1.54) is 11.8 Å². The number of benzene rings is 1. The molecule has 2 aliphatic rings. The average molecular weight is 482 g/mol. The minimum absolute atomic E-state index is 0.300. The molecule has 0 bridgehead atoms. The van der Waals surface area contributed by atoms with Crippen molar-refractivity contribution in [3.63, 3.8) is 0 Å². The van der Waals surface area contributed by atoms with Crippen molar-refractivity contribution in [2.45, 2.75) is 65.3 Å². The third-order valence-corrected chi connectivity index (χ3v) is 5.63. The number of anilines is 1. The molecule has 0 fully saturated rings. The Morgan fingerprint density at radius 2 is 1.86 bits per heavy atom. The molecule has 1 aromatic heterocycles. The van der Waals surface area contributed by atoms with Gasteiger partial charge in [0.25, 0.3) is 0 Å². The molecule has 1 aliphatic carbocycles. The lowest BCUT2D eigenvalue weighted by Gasteiger charge is -2.24. The summed E-state index contributed by atoms with van der Waals surface area (Å²) < 4.78 is 22.3. The number of esters is 1. The Morgan fingerprint density at radius 1 is 1.11 bits per heavy atom. The van der Waals surface area contributed by atoms with Gasteiger partial charge in [-0.25, -0.2) is 9.78 Å². The summed E-state index contributed by atoms with van der Waals surface area (Å²) in [5, 5.41) is 0. The second kappa shape index (κ2) is 9.93. The average Bonchev–Trinajstić information content (AvgIpc) is 3.43. The normalized spacial score (nSPS) is 17.0. The van der Waals surface area contributed by atoms with Gasteiger partial charge in [0.1, 0.15) is 29.9 Å². The molecule has 1 unspecified atom stereocenters. The standard InChI is InChI=1S/C26H31N3O6/c1-16(30)34-20-11-8-18(14-20)22-27-23-21(12-13-29(23)25(31)35-26(2,3)4)24(28-22)33-15-17-6-9-19(32-5)10-7-17/h6-7,9-10,14,20H,8,11-13,15H2,1-5H3. The Labute approximate surface area is 205 Å². The second-order valence-corrected chi connectivity index (χ2v) is 9.55. The molecule has 1 atom stereocenters. The van der Waals surface area contributed by atoms with Crippen LogP contribution in [0.4, 0.5) is 10.6 Å². The molecule has 0 saturated carbocycles. The van der Waals surface area contributed by atoms with Crippen molar-refractivity contribution >= 4 is 23.5 Å². The molecular formula is C26H31N3O6. The molecule has 9 heteroatoms. The smallest absolute Gasteiger partial charge is 0.416 e. The van der Waals surface area contributed by atoms with Crippen molar-refractivity contribution in [3.05, 3.63) is 47.3 Å². The molecule has 0 radical (unpaired) electrons. The number of amides is 1. The fourth-order valence-corrected chi connectivity index (χ4v) is 4.04. The highest BCUT2D eigenvalue weighted by Crippen LogP contribution is 2.37. The highest BCUT2D eigenvalue weighted by Gasteiger charge is 2.34. The van der Waals surface area contributed by atoms with Crippen molar-refractivity contribution in [2.24, 2.45) is 0 Å². The van der Waals surface area contributed by atoms with E-state index in [0.29, 0.717) is 49.9 Å². The minimum Gasteiger partial charge on any atom is -0.497 e. The number of hydrogen-bond acceptors (Lipinski definition) is 8. The van der Waals surface area contributed by atoms with E-state index in [1.807, 2.05) is 51.1 Å². The molecule has 186 valence electrons. The second-order valence-electron chi connectivity index (χ2n) is 9.55. The quantitative estimate of drug-likeness (QED) is 0.557. The van der Waals surface area contributed by atoms with Gasteiger partial charge in [-0.05, 0) is 69.4 Å². The molecule has 2 heterocycles. The maximum atomic E-state index is 12.9. The third-order valence-electron chi connectivity index (χ3n) is 5.63. The molecule has 1 amide bonds. The van der Waals surface area contributed by atoms with Crippen molar-refractivity contribution < 1.29 is 28.5 Å². The number of ether oxygens (including phenoxy) is 4. The summed E-state index contributed by atoms with van der Waals surface area (Å²) in [7, 11) is 1.62. The Kier molecular flexibility index (Phi) is 6.95. The predicted octanol–water partition coefficient (Wildman–Crippen LogP) is 4.47. The number of nitrogens with zero attached hydrogens (tertiary/aromatic N) is 3. The Hall–Kier alpha value is -3.62. The first-order valence-electron chi connectivity index (χ1n) is 11.7. The van der Waals surface area contributed by atoms with Gasteiger partial charge in [0.05, 0.1) is 12.7 Å². The number of hydrogen-bond donors (Lipinski definition) is 0. The zero-order valence-electron chi connectivity index (χ0n) is 20.8. The summed E-state index contributed by atoms with van der Waals surface area (Å²) in [6, 6.07) is 7.60. The summed E-state index contributed by atoms with van der Waals surface area (Å²) in [6.45, 7) is 7.60. The van der Waals surface area contributed by atoms with Crippen LogP contribution in [0.3, 0.4) is 0 Å². The predicted molar refractivity (Wildman–Crippen MR) is 129 cm³/mol. The number of carbonyl (C=O) groups is 2. The lowest BCUT2D eigenvalue weighted by molar-refractivity contribution is -0.144. The van der Waals surface area contributed by atoms with E-state index in [0.717, 1.165) is 22.4 Å². The maximum absolute atomic E-state index is 12.9. The van der Waals surface area contributed by atoms with E-state index >= 15 is 0 Å². The molecule has 4 rings (SSSR count). The molecule has 1 aromatic carbocycles. The van der Waals surface area contributed by atoms with Crippen LogP contribution in [0.5, 0.6) is 11.6 Å². The zero-order valence-corrected chi connectivity index (χ0v) is 20.8. The number of carbonyl (C=O) groups excluding carboxylic acids is 2. The van der Waals surface area contributed by atoms with Crippen LogP contribution in [0.1, 0.15) is 57.5 Å². The van der Waals surface area contributed by atoms with Crippen LogP contribution in [-0.2, 0) is 27.3 Å². The molecule has 1 aliphatic heterocycles. The largest absolute Gasteiger partial charge is 0.497 e. The molecule has 0 N–H and O–H groups in total. The Morgan fingerprint density at radius 3 is 2.51 bits per heavy atom. The first-order chi connectivity index (χ1) is 16.6. The van der Waals surface area contributed by atoms with Gasteiger partial charge in [-0.2, -0.15) is 4.98 Å². The monoisotopic (exact) mass is 481 g/mol. The molecule has 35 heavy (non-hydrogen) atoms. The number of allylic oxidation sites excluding steroid dienone is 1. The Bertz CT molecular complexity index is 1140. The van der Waals surface area contributed by atoms with E-state index in [1.54, 1.807) is 7.11 Å². The van der Waals surface area contributed by atoms with Crippen LogP contribution in [0.25, 0.3) is 5.57 Å². The molecule has 2 aromatic rings. The van der Waals surface area contributed by atoms with E-state index in [2.05, 4.69) is 0 Å². The third kappa shape index (κ3) is 5.90. The molecular weight excluding hydrogens is 450 g/mol. The van der Waals surface area contributed by atoms with E-state index in [9.17, 15) is 9.59 Å². The fourth-order valence-electron chi connectivity index (χ4n) is 4.04. The summed E-state index contributed by atoms with van der Waals surface area (Å²) in [4.78, 5) is 35.2. The van der Waals surface area contributed by atoms with E-state index in [-0.39, 0.29) is 12.1 Å². The van der Waals surface area contributed by atoms with Crippen molar-refractivity contribution in [3.8, 4) is 11.6 Å². The van der Waals surface area contributed by atoms with Crippen LogP contribution >= 0.6 is 0 Å². The van der Waals surface area contributed by atoms with Crippen molar-refractivity contribution in [2.75, 3.05) is 18.6 Å². The molecule has 0 spiro atoms. The van der Waals surface area contributed by atoms with Crippen molar-refractivity contribution in [1.29, 1.82) is 0 Å². The molecule has 9 nitrogen and oxygen atoms in total. The van der Waals surface area contributed by atoms with Gasteiger partial charge in [-0.1, -0.05) is 12.1 Å². The summed E-state index contributed by atoms with van der Waals surface area (Å²) >= 11 is 0. The van der Waals surface area contributed by atoms with Crippen LogP contribution in [0.2, 0.25) is 0 Å². The summed E-state index contributed by atoms with van der Waals surface area (Å²) in [5.41, 5.74) is 1.94. The van der Waals surface area contributed by atoms with Crippen LogP contribution in [0.15, 0.2) is 30.3 Å². The summed E-state index contributed by atoms with van der Waals surface area (Å²) in [5.74, 6) is 1.82. The first-order valence-corrected chi connectivity index (χ1v) is 11.7. The topological polar surface area (TPSA) is 100 Å². The Balaban J connectivity index is 1.65. The molecule has 0 saturated heterocycles. The maximum Gasteiger partial charge on any atom is 0.416 e. The number of rotatable bonds is 6. The van der Waals surface area contributed by atoms with Gasteiger partial charge in [0.15, 0.2) is 5.82 Å². The van der Waals surface area contributed by atoms with E-state index in [4.69, 9.17) is 28.9 Å². The van der Waals surface area contributed by atoms with Gasteiger partial charge in [0.2, 0.25) is 5.88 Å². The van der Waals surface area contributed by atoms with E-state index < -0.39 is 11.7 Å². The van der Waals surface area contributed by atoms with Crippen LogP contribution in [0, 0.1) is 0 Å². The van der Waals surface area contributed by atoms with Gasteiger partial charge < -0.3 is 18.9 Å². The number of aromatic nitrogens is 2. The highest BCUT2D eigenvalue weighted by atomic mass is 16.6. The number of methoxy groups -OCH3 is 1. The van der Waals surface area contributed by atoms with Crippen LogP contribution < -0.4 is 14.4 Å². The highest BCUT2D eigenvalue weighted by molar-refractivity contribution is 5.90.